The van der Waals surface area contributed by atoms with Gasteiger partial charge in [0.25, 0.3) is 0 Å². The number of aromatic hydroxyl groups is 1. The summed E-state index contributed by atoms with van der Waals surface area (Å²) in [6.45, 7) is 1.83. The SMILES string of the molecule is COc1cc(O)cc(C2=C(C)C[C@@H](O)CC2=O)c1. The van der Waals surface area contributed by atoms with Gasteiger partial charge in [-0.3, -0.25) is 4.79 Å². The van der Waals surface area contributed by atoms with E-state index in [9.17, 15) is 15.0 Å². The van der Waals surface area contributed by atoms with Crippen molar-refractivity contribution in [2.45, 2.75) is 25.9 Å². The van der Waals surface area contributed by atoms with Crippen LogP contribution in [0.15, 0.2) is 23.8 Å². The molecule has 1 aromatic carbocycles. The first-order valence-corrected chi connectivity index (χ1v) is 5.80. The number of methoxy groups -OCH3 is 1. The molecular formula is C14H16O4. The highest BCUT2D eigenvalue weighted by Crippen LogP contribution is 2.33. The van der Waals surface area contributed by atoms with Crippen molar-refractivity contribution in [1.82, 2.24) is 0 Å². The van der Waals surface area contributed by atoms with Crippen LogP contribution in [0.3, 0.4) is 0 Å². The van der Waals surface area contributed by atoms with Crippen molar-refractivity contribution >= 4 is 11.4 Å². The number of ether oxygens (including phenoxy) is 1. The van der Waals surface area contributed by atoms with E-state index < -0.39 is 6.10 Å². The monoisotopic (exact) mass is 248 g/mol. The zero-order valence-corrected chi connectivity index (χ0v) is 10.4. The third kappa shape index (κ3) is 2.38. The molecule has 0 aromatic heterocycles. The Morgan fingerprint density at radius 3 is 2.61 bits per heavy atom. The topological polar surface area (TPSA) is 66.8 Å². The Morgan fingerprint density at radius 1 is 1.28 bits per heavy atom. The zero-order chi connectivity index (χ0) is 13.3. The second kappa shape index (κ2) is 4.82. The third-order valence-corrected chi connectivity index (χ3v) is 3.08. The summed E-state index contributed by atoms with van der Waals surface area (Å²) in [5.41, 5.74) is 2.06. The lowest BCUT2D eigenvalue weighted by atomic mass is 9.85. The molecule has 0 unspecified atom stereocenters. The van der Waals surface area contributed by atoms with Crippen molar-refractivity contribution in [3.63, 3.8) is 0 Å². The van der Waals surface area contributed by atoms with Gasteiger partial charge in [-0.2, -0.15) is 0 Å². The van der Waals surface area contributed by atoms with Crippen LogP contribution in [0.5, 0.6) is 11.5 Å². The first kappa shape index (κ1) is 12.6. The highest BCUT2D eigenvalue weighted by molar-refractivity contribution is 6.22. The first-order valence-electron chi connectivity index (χ1n) is 5.80. The second-order valence-corrected chi connectivity index (χ2v) is 4.56. The molecule has 0 aliphatic heterocycles. The Kier molecular flexibility index (Phi) is 3.39. The Hall–Kier alpha value is -1.81. The molecule has 0 bridgehead atoms. The smallest absolute Gasteiger partial charge is 0.166 e. The van der Waals surface area contributed by atoms with Crippen molar-refractivity contribution < 1.29 is 19.7 Å². The summed E-state index contributed by atoms with van der Waals surface area (Å²) in [6.07, 6.45) is 0.0180. The van der Waals surface area contributed by atoms with Crippen LogP contribution in [-0.4, -0.2) is 29.2 Å². The summed E-state index contributed by atoms with van der Waals surface area (Å²) in [4.78, 5) is 12.0. The average Bonchev–Trinajstić information content (AvgIpc) is 2.26. The number of hydrogen-bond acceptors (Lipinski definition) is 4. The minimum absolute atomic E-state index is 0.0589. The number of benzene rings is 1. The largest absolute Gasteiger partial charge is 0.508 e. The molecule has 0 saturated carbocycles. The number of hydrogen-bond donors (Lipinski definition) is 2. The van der Waals surface area contributed by atoms with Gasteiger partial charge in [0.15, 0.2) is 5.78 Å². The number of aliphatic hydroxyl groups is 1. The highest BCUT2D eigenvalue weighted by Gasteiger charge is 2.25. The standard InChI is InChI=1S/C14H16O4/c1-8-3-10(15)7-13(17)14(8)9-4-11(16)6-12(5-9)18-2/h4-6,10,15-16H,3,7H2,1-2H3/t10-/m1/s1. The molecule has 1 atom stereocenters. The van der Waals surface area contributed by atoms with Gasteiger partial charge >= 0.3 is 0 Å². The lowest BCUT2D eigenvalue weighted by Gasteiger charge is -2.21. The van der Waals surface area contributed by atoms with Gasteiger partial charge < -0.3 is 14.9 Å². The fourth-order valence-electron chi connectivity index (χ4n) is 2.33. The van der Waals surface area contributed by atoms with Crippen LogP contribution in [0.1, 0.15) is 25.3 Å². The summed E-state index contributed by atoms with van der Waals surface area (Å²) in [5.74, 6) is 0.465. The lowest BCUT2D eigenvalue weighted by molar-refractivity contribution is -0.116. The van der Waals surface area contributed by atoms with Gasteiger partial charge in [-0.1, -0.05) is 5.57 Å². The van der Waals surface area contributed by atoms with Crippen molar-refractivity contribution in [2.75, 3.05) is 7.11 Å². The number of phenolic OH excluding ortho intramolecular Hbond substituents is 1. The Bertz CT molecular complexity index is 517. The summed E-state index contributed by atoms with van der Waals surface area (Å²) in [5, 5.41) is 19.2. The quantitative estimate of drug-likeness (QED) is 0.838. The third-order valence-electron chi connectivity index (χ3n) is 3.08. The molecule has 1 aliphatic rings. The molecule has 2 rings (SSSR count). The minimum Gasteiger partial charge on any atom is -0.508 e. The van der Waals surface area contributed by atoms with Gasteiger partial charge in [0.1, 0.15) is 11.5 Å². The number of phenols is 1. The molecular weight excluding hydrogens is 232 g/mol. The fourth-order valence-corrected chi connectivity index (χ4v) is 2.33. The number of ketones is 1. The van der Waals surface area contributed by atoms with E-state index in [0.29, 0.717) is 23.3 Å². The molecule has 0 radical (unpaired) electrons. The molecule has 0 fully saturated rings. The van der Waals surface area contributed by atoms with Crippen molar-refractivity contribution in [3.8, 4) is 11.5 Å². The Balaban J connectivity index is 2.50. The summed E-state index contributed by atoms with van der Waals surface area (Å²) < 4.78 is 5.07. The molecule has 0 amide bonds. The Morgan fingerprint density at radius 2 is 2.00 bits per heavy atom. The van der Waals surface area contributed by atoms with Crippen LogP contribution in [0.25, 0.3) is 5.57 Å². The number of Topliss-reactive ketones (excluding diaryl/α,β-unsaturated/α-hetero) is 1. The number of carbonyl (C=O) groups is 1. The summed E-state index contributed by atoms with van der Waals surface area (Å²) >= 11 is 0. The molecule has 0 spiro atoms. The van der Waals surface area contributed by atoms with E-state index in [1.807, 2.05) is 6.92 Å². The Labute approximate surface area is 106 Å². The lowest BCUT2D eigenvalue weighted by Crippen LogP contribution is -2.21. The fraction of sp³-hybridized carbons (Fsp3) is 0.357. The predicted molar refractivity (Wildman–Crippen MR) is 67.5 cm³/mol. The maximum Gasteiger partial charge on any atom is 0.166 e. The van der Waals surface area contributed by atoms with Gasteiger partial charge in [-0.05, 0) is 31.0 Å². The minimum atomic E-state index is -0.597. The van der Waals surface area contributed by atoms with Crippen molar-refractivity contribution in [1.29, 1.82) is 0 Å². The van der Waals surface area contributed by atoms with Gasteiger partial charge in [0, 0.05) is 18.1 Å². The van der Waals surface area contributed by atoms with Crippen LogP contribution < -0.4 is 4.74 Å². The molecule has 0 heterocycles. The molecule has 1 aromatic rings. The van der Waals surface area contributed by atoms with Gasteiger partial charge in [0.05, 0.1) is 13.2 Å². The zero-order valence-electron chi connectivity index (χ0n) is 10.4. The number of carbonyl (C=O) groups excluding carboxylic acids is 1. The van der Waals surface area contributed by atoms with Crippen LogP contribution in [0, 0.1) is 0 Å². The predicted octanol–water partition coefficient (Wildman–Crippen LogP) is 1.90. The highest BCUT2D eigenvalue weighted by atomic mass is 16.5. The van der Waals surface area contributed by atoms with E-state index >= 15 is 0 Å². The van der Waals surface area contributed by atoms with Crippen LogP contribution in [-0.2, 0) is 4.79 Å². The van der Waals surface area contributed by atoms with E-state index in [4.69, 9.17) is 4.74 Å². The van der Waals surface area contributed by atoms with Crippen LogP contribution in [0.2, 0.25) is 0 Å². The number of rotatable bonds is 2. The molecule has 2 N–H and O–H groups in total. The van der Waals surface area contributed by atoms with Gasteiger partial charge in [-0.15, -0.1) is 0 Å². The van der Waals surface area contributed by atoms with E-state index in [2.05, 4.69) is 0 Å². The van der Waals surface area contributed by atoms with E-state index in [1.54, 1.807) is 6.07 Å². The van der Waals surface area contributed by atoms with Crippen LogP contribution >= 0.6 is 0 Å². The van der Waals surface area contributed by atoms with Gasteiger partial charge in [0.2, 0.25) is 0 Å². The number of aliphatic hydroxyl groups excluding tert-OH is 1. The molecule has 96 valence electrons. The van der Waals surface area contributed by atoms with Crippen molar-refractivity contribution in [2.24, 2.45) is 0 Å². The molecule has 4 nitrogen and oxygen atoms in total. The van der Waals surface area contributed by atoms with Crippen LogP contribution in [0.4, 0.5) is 0 Å². The normalized spacial score (nSPS) is 20.2. The van der Waals surface area contributed by atoms with E-state index in [1.165, 1.54) is 19.2 Å². The average molecular weight is 248 g/mol. The molecule has 4 heteroatoms. The maximum absolute atomic E-state index is 12.0. The summed E-state index contributed by atoms with van der Waals surface area (Å²) in [7, 11) is 1.51. The first-order chi connectivity index (χ1) is 8.51. The molecule has 0 saturated heterocycles. The van der Waals surface area contributed by atoms with E-state index in [-0.39, 0.29) is 18.0 Å². The maximum atomic E-state index is 12.0. The van der Waals surface area contributed by atoms with E-state index in [0.717, 1.165) is 5.57 Å². The summed E-state index contributed by atoms with van der Waals surface area (Å²) in [6, 6.07) is 4.74. The molecule has 18 heavy (non-hydrogen) atoms. The van der Waals surface area contributed by atoms with Crippen molar-refractivity contribution in [3.05, 3.63) is 29.3 Å². The number of allylic oxidation sites excluding steroid dienone is 1. The molecule has 1 aliphatic carbocycles. The second-order valence-electron chi connectivity index (χ2n) is 4.56. The van der Waals surface area contributed by atoms with Gasteiger partial charge in [-0.25, -0.2) is 0 Å².